The van der Waals surface area contributed by atoms with E-state index in [-0.39, 0.29) is 28.7 Å². The second kappa shape index (κ2) is 7.51. The molecule has 0 bridgehead atoms. The summed E-state index contributed by atoms with van der Waals surface area (Å²) in [4.78, 5) is 23.5. The summed E-state index contributed by atoms with van der Waals surface area (Å²) in [5.74, 6) is -0.852. The summed E-state index contributed by atoms with van der Waals surface area (Å²) in [5, 5.41) is 17.1. The molecule has 2 aromatic carbocycles. The molecule has 150 valence electrons. The second-order valence-corrected chi connectivity index (χ2v) is 6.82. The van der Waals surface area contributed by atoms with E-state index in [4.69, 9.17) is 15.2 Å². The Labute approximate surface area is 166 Å². The Hall–Kier alpha value is -3.46. The van der Waals surface area contributed by atoms with Crippen LogP contribution in [0.1, 0.15) is 35.8 Å². The van der Waals surface area contributed by atoms with Crippen LogP contribution in [0.5, 0.6) is 0 Å². The normalized spacial score (nSPS) is 16.7. The van der Waals surface area contributed by atoms with E-state index in [1.807, 2.05) is 10.7 Å². The minimum Gasteiger partial charge on any atom is -0.465 e. The molecule has 0 aliphatic carbocycles. The average molecular weight is 396 g/mol. The number of nitro benzene ring substituents is 1. The van der Waals surface area contributed by atoms with E-state index in [1.54, 1.807) is 24.4 Å². The molecule has 1 atom stereocenters. The maximum Gasteiger partial charge on any atom is 0.347 e. The van der Waals surface area contributed by atoms with Gasteiger partial charge in [0.2, 0.25) is 0 Å². The van der Waals surface area contributed by atoms with Crippen molar-refractivity contribution >= 4 is 28.2 Å². The Balaban J connectivity index is 1.93. The summed E-state index contributed by atoms with van der Waals surface area (Å²) in [7, 11) is 1.16. The standard InChI is InChI=1S/C20H20N4O5/c1-28-20(25)18-15(21)9-8-13(19(18)24(26)27)12-5-4-6-16-14(12)11-22-23(16)17-7-2-3-10-29-17/h4-6,8-9,11,17H,2-3,7,10,21H2,1H3. The fourth-order valence-corrected chi connectivity index (χ4v) is 3.78. The maximum atomic E-state index is 12.2. The first-order valence-corrected chi connectivity index (χ1v) is 9.26. The van der Waals surface area contributed by atoms with Crippen LogP contribution < -0.4 is 5.73 Å². The van der Waals surface area contributed by atoms with Crippen LogP contribution in [0.4, 0.5) is 11.4 Å². The van der Waals surface area contributed by atoms with Crippen molar-refractivity contribution in [3.8, 4) is 11.1 Å². The first-order valence-electron chi connectivity index (χ1n) is 9.26. The highest BCUT2D eigenvalue weighted by molar-refractivity contribution is 6.05. The molecule has 1 fully saturated rings. The molecule has 1 aliphatic rings. The molecule has 0 saturated carbocycles. The zero-order chi connectivity index (χ0) is 20.5. The zero-order valence-electron chi connectivity index (χ0n) is 15.8. The predicted molar refractivity (Wildman–Crippen MR) is 106 cm³/mol. The van der Waals surface area contributed by atoms with E-state index in [1.165, 1.54) is 6.07 Å². The molecule has 2 N–H and O–H groups in total. The smallest absolute Gasteiger partial charge is 0.347 e. The molecule has 9 heteroatoms. The number of carbonyl (C=O) groups excluding carboxylic acids is 1. The summed E-state index contributed by atoms with van der Waals surface area (Å²) in [6.45, 7) is 0.678. The summed E-state index contributed by atoms with van der Waals surface area (Å²) in [6, 6.07) is 8.48. The molecule has 1 saturated heterocycles. The van der Waals surface area contributed by atoms with Crippen LogP contribution in [0.25, 0.3) is 22.0 Å². The number of carbonyl (C=O) groups is 1. The van der Waals surface area contributed by atoms with Gasteiger partial charge in [0.1, 0.15) is 0 Å². The Bertz CT molecular complexity index is 1100. The Kier molecular flexibility index (Phi) is 4.89. The van der Waals surface area contributed by atoms with Gasteiger partial charge in [-0.15, -0.1) is 0 Å². The lowest BCUT2D eigenvalue weighted by molar-refractivity contribution is -0.384. The molecule has 1 unspecified atom stereocenters. The molecule has 1 aromatic heterocycles. The van der Waals surface area contributed by atoms with Crippen molar-refractivity contribution in [1.82, 2.24) is 9.78 Å². The third kappa shape index (κ3) is 3.19. The van der Waals surface area contributed by atoms with Crippen molar-refractivity contribution in [2.45, 2.75) is 25.5 Å². The minimum atomic E-state index is -0.852. The summed E-state index contributed by atoms with van der Waals surface area (Å²) >= 11 is 0. The van der Waals surface area contributed by atoms with Crippen molar-refractivity contribution in [3.63, 3.8) is 0 Å². The van der Waals surface area contributed by atoms with Crippen LogP contribution in [0.3, 0.4) is 0 Å². The van der Waals surface area contributed by atoms with Gasteiger partial charge in [0, 0.05) is 12.0 Å². The zero-order valence-corrected chi connectivity index (χ0v) is 15.8. The van der Waals surface area contributed by atoms with Gasteiger partial charge in [-0.05, 0) is 43.0 Å². The van der Waals surface area contributed by atoms with Crippen molar-refractivity contribution in [1.29, 1.82) is 0 Å². The van der Waals surface area contributed by atoms with Crippen molar-refractivity contribution in [3.05, 3.63) is 52.2 Å². The third-order valence-electron chi connectivity index (χ3n) is 5.14. The van der Waals surface area contributed by atoms with Crippen LogP contribution in [0.2, 0.25) is 0 Å². The highest BCUT2D eigenvalue weighted by Crippen LogP contribution is 2.40. The fraction of sp³-hybridized carbons (Fsp3) is 0.300. The highest BCUT2D eigenvalue weighted by atomic mass is 16.6. The van der Waals surface area contributed by atoms with Crippen LogP contribution >= 0.6 is 0 Å². The molecule has 29 heavy (non-hydrogen) atoms. The number of methoxy groups -OCH3 is 1. The number of hydrogen-bond acceptors (Lipinski definition) is 7. The molecule has 4 rings (SSSR count). The Morgan fingerprint density at radius 2 is 2.14 bits per heavy atom. The maximum absolute atomic E-state index is 12.2. The number of nitro groups is 1. The van der Waals surface area contributed by atoms with Gasteiger partial charge in [-0.1, -0.05) is 12.1 Å². The van der Waals surface area contributed by atoms with Gasteiger partial charge in [-0.3, -0.25) is 10.1 Å². The SMILES string of the molecule is COC(=O)c1c(N)ccc(-c2cccc3c2cnn3C2CCCCO2)c1[N+](=O)[O-]. The number of nitrogen functional groups attached to an aromatic ring is 1. The van der Waals surface area contributed by atoms with Crippen molar-refractivity contribution in [2.24, 2.45) is 0 Å². The van der Waals surface area contributed by atoms with Crippen molar-refractivity contribution in [2.75, 3.05) is 19.5 Å². The quantitative estimate of drug-likeness (QED) is 0.309. The molecule has 2 heterocycles. The van der Waals surface area contributed by atoms with E-state index in [0.29, 0.717) is 12.2 Å². The lowest BCUT2D eigenvalue weighted by Gasteiger charge is -2.23. The van der Waals surface area contributed by atoms with E-state index in [0.717, 1.165) is 37.3 Å². The van der Waals surface area contributed by atoms with Crippen molar-refractivity contribution < 1.29 is 19.2 Å². The van der Waals surface area contributed by atoms with Crippen LogP contribution in [0, 0.1) is 10.1 Å². The number of nitrogens with two attached hydrogens (primary N) is 1. The van der Waals surface area contributed by atoms with Gasteiger partial charge in [-0.25, -0.2) is 9.48 Å². The number of anilines is 1. The van der Waals surface area contributed by atoms with Gasteiger partial charge >= 0.3 is 5.97 Å². The minimum absolute atomic E-state index is 0.00854. The molecule has 1 aliphatic heterocycles. The van der Waals surface area contributed by atoms with E-state index >= 15 is 0 Å². The molecule has 9 nitrogen and oxygen atoms in total. The molecular weight excluding hydrogens is 376 g/mol. The van der Waals surface area contributed by atoms with E-state index in [9.17, 15) is 14.9 Å². The molecule has 0 radical (unpaired) electrons. The average Bonchev–Trinajstić information content (AvgIpc) is 3.18. The molecule has 0 spiro atoms. The molecular formula is C20H20N4O5. The van der Waals surface area contributed by atoms with Gasteiger partial charge in [-0.2, -0.15) is 5.10 Å². The number of nitrogens with zero attached hydrogens (tertiary/aromatic N) is 3. The number of aromatic nitrogens is 2. The lowest BCUT2D eigenvalue weighted by atomic mass is 9.96. The number of rotatable bonds is 4. The van der Waals surface area contributed by atoms with Gasteiger partial charge < -0.3 is 15.2 Å². The fourth-order valence-electron chi connectivity index (χ4n) is 3.78. The third-order valence-corrected chi connectivity index (χ3v) is 5.14. The Morgan fingerprint density at radius 3 is 2.83 bits per heavy atom. The molecule has 3 aromatic rings. The predicted octanol–water partition coefficient (Wildman–Crippen LogP) is 3.68. The number of benzene rings is 2. The van der Waals surface area contributed by atoms with E-state index in [2.05, 4.69) is 5.10 Å². The summed E-state index contributed by atoms with van der Waals surface area (Å²) in [6.07, 6.45) is 4.44. The lowest BCUT2D eigenvalue weighted by Crippen LogP contribution is -2.18. The van der Waals surface area contributed by atoms with Crippen LogP contribution in [-0.4, -0.2) is 34.4 Å². The number of fused-ring (bicyclic) bond motifs is 1. The van der Waals surface area contributed by atoms with Crippen LogP contribution in [-0.2, 0) is 9.47 Å². The summed E-state index contributed by atoms with van der Waals surface area (Å²) in [5.41, 5.74) is 6.88. The molecule has 0 amide bonds. The first kappa shape index (κ1) is 18.9. The number of hydrogen-bond donors (Lipinski definition) is 1. The topological polar surface area (TPSA) is 123 Å². The number of ether oxygens (including phenoxy) is 2. The van der Waals surface area contributed by atoms with Gasteiger partial charge in [0.05, 0.1) is 35.0 Å². The monoisotopic (exact) mass is 396 g/mol. The highest BCUT2D eigenvalue weighted by Gasteiger charge is 2.30. The first-order chi connectivity index (χ1) is 14.0. The largest absolute Gasteiger partial charge is 0.465 e. The number of esters is 1. The van der Waals surface area contributed by atoms with E-state index < -0.39 is 10.9 Å². The Morgan fingerprint density at radius 1 is 1.31 bits per heavy atom. The second-order valence-electron chi connectivity index (χ2n) is 6.82. The van der Waals surface area contributed by atoms with Crippen LogP contribution in [0.15, 0.2) is 36.5 Å². The summed E-state index contributed by atoms with van der Waals surface area (Å²) < 4.78 is 12.4. The van der Waals surface area contributed by atoms with Gasteiger partial charge in [0.15, 0.2) is 11.8 Å². The van der Waals surface area contributed by atoms with Gasteiger partial charge in [0.25, 0.3) is 5.69 Å².